The van der Waals surface area contributed by atoms with Crippen LogP contribution in [0.25, 0.3) is 0 Å². The summed E-state index contributed by atoms with van der Waals surface area (Å²) in [5.41, 5.74) is 1.21. The van der Waals surface area contributed by atoms with Crippen LogP contribution in [0.3, 0.4) is 0 Å². The number of aromatic hydroxyl groups is 2. The van der Waals surface area contributed by atoms with Gasteiger partial charge in [-0.25, -0.2) is 4.79 Å². The van der Waals surface area contributed by atoms with Crippen molar-refractivity contribution in [1.82, 2.24) is 10.2 Å². The van der Waals surface area contributed by atoms with E-state index in [1.165, 1.54) is 35.9 Å². The van der Waals surface area contributed by atoms with Crippen LogP contribution in [0.2, 0.25) is 0 Å². The number of phenols is 2. The first kappa shape index (κ1) is 29.2. The number of carbonyl (C=O) groups is 3. The number of hydrogen-bond donors (Lipinski definition) is 4. The molecule has 1 aromatic rings. The van der Waals surface area contributed by atoms with E-state index in [4.69, 9.17) is 4.74 Å². The second kappa shape index (κ2) is 11.0. The number of amides is 2. The molecule has 1 aliphatic heterocycles. The summed E-state index contributed by atoms with van der Waals surface area (Å²) in [5, 5.41) is 32.2. The third-order valence-electron chi connectivity index (χ3n) is 9.90. The minimum atomic E-state index is -1.46. The van der Waals surface area contributed by atoms with E-state index < -0.39 is 30.1 Å². The second-order valence-electron chi connectivity index (χ2n) is 12.8. The molecule has 6 unspecified atom stereocenters. The summed E-state index contributed by atoms with van der Waals surface area (Å²) < 4.78 is 5.68. The number of benzene rings is 1. The fourth-order valence-electron chi connectivity index (χ4n) is 7.30. The van der Waals surface area contributed by atoms with Gasteiger partial charge in [0.25, 0.3) is 0 Å². The van der Waals surface area contributed by atoms with Gasteiger partial charge in [0, 0.05) is 13.0 Å². The van der Waals surface area contributed by atoms with Crippen LogP contribution in [-0.2, 0) is 25.5 Å². The number of hydrogen-bond acceptors (Lipinski definition) is 7. The second-order valence-corrected chi connectivity index (χ2v) is 12.8. The number of likely N-dealkylation sites (tertiary alicyclic amines) is 1. The Bertz CT molecular complexity index is 1100. The predicted octanol–water partition coefficient (Wildman–Crippen LogP) is 3.14. The first-order chi connectivity index (χ1) is 18.3. The molecule has 216 valence electrons. The topological polar surface area (TPSA) is 136 Å². The molecule has 2 saturated carbocycles. The molecule has 9 heteroatoms. The third-order valence-corrected chi connectivity index (χ3v) is 9.90. The minimum Gasteiger partial charge on any atom is -0.504 e. The smallest absolute Gasteiger partial charge is 0.328 e. The van der Waals surface area contributed by atoms with Crippen LogP contribution in [-0.4, -0.2) is 69.3 Å². The van der Waals surface area contributed by atoms with Crippen molar-refractivity contribution >= 4 is 17.8 Å². The molecule has 0 aromatic heterocycles. The van der Waals surface area contributed by atoms with E-state index in [0.717, 1.165) is 6.42 Å². The number of carbonyl (C=O) groups excluding carboxylic acids is 3. The largest absolute Gasteiger partial charge is 0.504 e. The Morgan fingerprint density at radius 1 is 1.13 bits per heavy atom. The highest BCUT2D eigenvalue weighted by atomic mass is 16.5. The van der Waals surface area contributed by atoms with Gasteiger partial charge in [-0.15, -0.1) is 0 Å². The normalized spacial score (nSPS) is 28.6. The van der Waals surface area contributed by atoms with Crippen LogP contribution in [0.4, 0.5) is 0 Å². The first-order valence-electron chi connectivity index (χ1n) is 14.2. The van der Waals surface area contributed by atoms with E-state index >= 15 is 0 Å². The lowest BCUT2D eigenvalue weighted by atomic mass is 9.88. The highest BCUT2D eigenvalue weighted by molar-refractivity contribution is 5.92. The maximum absolute atomic E-state index is 13.5. The molecule has 6 atom stereocenters. The Labute approximate surface area is 230 Å². The summed E-state index contributed by atoms with van der Waals surface area (Å²) >= 11 is 0. The van der Waals surface area contributed by atoms with Gasteiger partial charge in [-0.05, 0) is 78.4 Å². The standard InChI is InChI=1S/C30H44N2O7/c1-17(2)24(31-26(36)23(35)16-18-8-9-21(33)22(34)15-18)27(37)32-13-6-7-20(32)28(38)39-14-11-19-10-12-30(5)25(19)29(30,3)4/h8-9,15,17,19-20,23-25,33-35H,6-7,10-14,16H2,1-5H3,(H,31,36). The lowest BCUT2D eigenvalue weighted by Crippen LogP contribution is -2.55. The van der Waals surface area contributed by atoms with Crippen LogP contribution >= 0.6 is 0 Å². The zero-order valence-corrected chi connectivity index (χ0v) is 23.8. The van der Waals surface area contributed by atoms with Crippen molar-refractivity contribution < 1.29 is 34.4 Å². The van der Waals surface area contributed by atoms with Gasteiger partial charge in [-0.1, -0.05) is 40.7 Å². The van der Waals surface area contributed by atoms with Crippen molar-refractivity contribution in [3.63, 3.8) is 0 Å². The molecule has 1 saturated heterocycles. The number of nitrogens with zero attached hydrogens (tertiary/aromatic N) is 1. The molecule has 9 nitrogen and oxygen atoms in total. The van der Waals surface area contributed by atoms with E-state index in [9.17, 15) is 29.7 Å². The van der Waals surface area contributed by atoms with Crippen molar-refractivity contribution in [2.45, 2.75) is 91.3 Å². The number of esters is 1. The predicted molar refractivity (Wildman–Crippen MR) is 145 cm³/mol. The summed E-state index contributed by atoms with van der Waals surface area (Å²) in [6.45, 7) is 11.4. The van der Waals surface area contributed by atoms with Gasteiger partial charge >= 0.3 is 5.97 Å². The Balaban J connectivity index is 1.31. The molecule has 4 N–H and O–H groups in total. The maximum atomic E-state index is 13.5. The van der Waals surface area contributed by atoms with Crippen LogP contribution in [0.1, 0.15) is 72.3 Å². The van der Waals surface area contributed by atoms with E-state index in [2.05, 4.69) is 26.1 Å². The highest BCUT2D eigenvalue weighted by Gasteiger charge is 2.72. The van der Waals surface area contributed by atoms with E-state index in [1.54, 1.807) is 13.8 Å². The average molecular weight is 545 g/mol. The molecule has 1 heterocycles. The van der Waals surface area contributed by atoms with Gasteiger partial charge < -0.3 is 30.3 Å². The summed E-state index contributed by atoms with van der Waals surface area (Å²) in [6.07, 6.45) is 2.87. The SMILES string of the molecule is CC(C)C(NC(=O)C(O)Cc1ccc(O)c(O)c1)C(=O)N1CCCC1C(=O)OCCC1CCC2(C)C1C2(C)C. The average Bonchev–Trinajstić information content (AvgIpc) is 3.29. The fourth-order valence-corrected chi connectivity index (χ4v) is 7.30. The lowest BCUT2D eigenvalue weighted by molar-refractivity contribution is -0.155. The molecule has 2 aliphatic carbocycles. The van der Waals surface area contributed by atoms with E-state index in [0.29, 0.717) is 54.2 Å². The van der Waals surface area contributed by atoms with Crippen molar-refractivity contribution in [3.8, 4) is 11.5 Å². The van der Waals surface area contributed by atoms with Crippen molar-refractivity contribution in [3.05, 3.63) is 23.8 Å². The molecular weight excluding hydrogens is 500 g/mol. The number of nitrogens with one attached hydrogen (secondary N) is 1. The number of ether oxygens (including phenoxy) is 1. The van der Waals surface area contributed by atoms with Crippen molar-refractivity contribution in [2.24, 2.45) is 28.6 Å². The summed E-state index contributed by atoms with van der Waals surface area (Å²) in [5.74, 6) is -1.15. The van der Waals surface area contributed by atoms with Crippen LogP contribution in [0, 0.1) is 28.6 Å². The number of aliphatic hydroxyl groups excluding tert-OH is 1. The number of fused-ring (bicyclic) bond motifs is 1. The van der Waals surface area contributed by atoms with E-state index in [1.807, 2.05) is 0 Å². The van der Waals surface area contributed by atoms with Gasteiger partial charge in [0.2, 0.25) is 11.8 Å². The van der Waals surface area contributed by atoms with Gasteiger partial charge in [0.05, 0.1) is 6.61 Å². The highest BCUT2D eigenvalue weighted by Crippen LogP contribution is 2.78. The third kappa shape index (κ3) is 5.60. The van der Waals surface area contributed by atoms with Crippen molar-refractivity contribution in [1.29, 1.82) is 0 Å². The summed E-state index contributed by atoms with van der Waals surface area (Å²) in [4.78, 5) is 40.8. The molecule has 3 fully saturated rings. The minimum absolute atomic E-state index is 0.102. The zero-order chi connectivity index (χ0) is 28.7. The summed E-state index contributed by atoms with van der Waals surface area (Å²) in [6, 6.07) is 2.45. The Hall–Kier alpha value is -2.81. The molecule has 39 heavy (non-hydrogen) atoms. The van der Waals surface area contributed by atoms with Crippen LogP contribution < -0.4 is 5.32 Å². The summed E-state index contributed by atoms with van der Waals surface area (Å²) in [7, 11) is 0. The molecule has 3 aliphatic rings. The fraction of sp³-hybridized carbons (Fsp3) is 0.700. The monoisotopic (exact) mass is 544 g/mol. The molecule has 2 amide bonds. The molecule has 0 spiro atoms. The van der Waals surface area contributed by atoms with Crippen molar-refractivity contribution in [2.75, 3.05) is 13.2 Å². The number of phenolic OH excluding ortho intramolecular Hbond substituents is 2. The molecule has 4 rings (SSSR count). The molecule has 1 aromatic carbocycles. The lowest BCUT2D eigenvalue weighted by Gasteiger charge is -2.30. The van der Waals surface area contributed by atoms with Gasteiger partial charge in [0.1, 0.15) is 18.2 Å². The quantitative estimate of drug-likeness (QED) is 0.262. The number of rotatable bonds is 10. The Kier molecular flexibility index (Phi) is 8.22. The zero-order valence-electron chi connectivity index (χ0n) is 23.8. The molecular formula is C30H44N2O7. The maximum Gasteiger partial charge on any atom is 0.328 e. The first-order valence-corrected chi connectivity index (χ1v) is 14.2. The van der Waals surface area contributed by atoms with Crippen LogP contribution in [0.15, 0.2) is 18.2 Å². The van der Waals surface area contributed by atoms with Gasteiger partial charge in [0.15, 0.2) is 11.5 Å². The number of aliphatic hydroxyl groups is 1. The molecule has 0 radical (unpaired) electrons. The van der Waals surface area contributed by atoms with Gasteiger partial charge in [-0.2, -0.15) is 0 Å². The Morgan fingerprint density at radius 3 is 2.46 bits per heavy atom. The van der Waals surface area contributed by atoms with Gasteiger partial charge in [-0.3, -0.25) is 9.59 Å². The Morgan fingerprint density at radius 2 is 1.85 bits per heavy atom. The molecule has 0 bridgehead atoms. The van der Waals surface area contributed by atoms with E-state index in [-0.39, 0.29) is 29.7 Å². The van der Waals surface area contributed by atoms with Crippen LogP contribution in [0.5, 0.6) is 11.5 Å².